The maximum atomic E-state index is 12.1. The Kier molecular flexibility index (Phi) is 3.55. The number of ether oxygens (including phenoxy) is 1. The molecule has 1 aromatic rings. The van der Waals surface area contributed by atoms with E-state index in [4.69, 9.17) is 9.94 Å². The van der Waals surface area contributed by atoms with Crippen LogP contribution in [-0.2, 0) is 4.79 Å². The van der Waals surface area contributed by atoms with Crippen molar-refractivity contribution in [3.05, 3.63) is 36.4 Å². The average molecular weight is 260 g/mol. The fraction of sp³-hybridized carbons (Fsp3) is 0.286. The minimum atomic E-state index is -0.321. The molecule has 1 aliphatic heterocycles. The molecule has 1 fully saturated rings. The molecule has 100 valence electrons. The maximum absolute atomic E-state index is 12.1. The van der Waals surface area contributed by atoms with Crippen LogP contribution in [0.5, 0.6) is 5.75 Å². The van der Waals surface area contributed by atoms with Gasteiger partial charge in [0.15, 0.2) is 0 Å². The molecule has 1 aromatic carbocycles. The van der Waals surface area contributed by atoms with E-state index in [0.717, 1.165) is 17.0 Å². The van der Waals surface area contributed by atoms with Gasteiger partial charge < -0.3 is 14.8 Å². The van der Waals surface area contributed by atoms with Gasteiger partial charge in [-0.15, -0.1) is 0 Å². The zero-order chi connectivity index (χ0) is 14.0. The number of methoxy groups -OCH3 is 1. The SMILES string of the molecule is C=C(C)[C@H]1C(=O)N(c2ccc(OC)cc2)[C@H]1/C=N/O. The van der Waals surface area contributed by atoms with Crippen LogP contribution in [0.2, 0.25) is 0 Å². The minimum absolute atomic E-state index is 0.0393. The van der Waals surface area contributed by atoms with Crippen LogP contribution in [-0.4, -0.2) is 30.5 Å². The first-order chi connectivity index (χ1) is 9.10. The molecule has 0 saturated carbocycles. The van der Waals surface area contributed by atoms with Gasteiger partial charge in [-0.3, -0.25) is 4.79 Å². The molecule has 0 unspecified atom stereocenters. The van der Waals surface area contributed by atoms with E-state index >= 15 is 0 Å². The second kappa shape index (κ2) is 5.14. The van der Waals surface area contributed by atoms with Crippen molar-refractivity contribution in [3.8, 4) is 5.75 Å². The summed E-state index contributed by atoms with van der Waals surface area (Å²) >= 11 is 0. The standard InChI is InChI=1S/C14H16N2O3/c1-9(2)13-12(8-15-18)16(14(13)17)10-4-6-11(19-3)7-5-10/h4-8,12-13,18H,1H2,2-3H3/b15-8+/t12-,13+/m0/s1. The smallest absolute Gasteiger partial charge is 0.237 e. The van der Waals surface area contributed by atoms with Gasteiger partial charge in [0, 0.05) is 5.69 Å². The van der Waals surface area contributed by atoms with Gasteiger partial charge in [0.05, 0.1) is 25.3 Å². The zero-order valence-corrected chi connectivity index (χ0v) is 10.9. The minimum Gasteiger partial charge on any atom is -0.497 e. The summed E-state index contributed by atoms with van der Waals surface area (Å²) in [5, 5.41) is 11.8. The second-order valence-electron chi connectivity index (χ2n) is 4.49. The van der Waals surface area contributed by atoms with Crippen LogP contribution in [0.25, 0.3) is 0 Å². The summed E-state index contributed by atoms with van der Waals surface area (Å²) in [5.74, 6) is 0.362. The van der Waals surface area contributed by atoms with Crippen LogP contribution in [0.1, 0.15) is 6.92 Å². The van der Waals surface area contributed by atoms with Gasteiger partial charge in [0.2, 0.25) is 5.91 Å². The van der Waals surface area contributed by atoms with E-state index in [1.807, 2.05) is 0 Å². The number of rotatable bonds is 4. The Morgan fingerprint density at radius 2 is 2.11 bits per heavy atom. The fourth-order valence-corrected chi connectivity index (χ4v) is 2.28. The lowest BCUT2D eigenvalue weighted by atomic mass is 9.82. The van der Waals surface area contributed by atoms with E-state index in [9.17, 15) is 4.79 Å². The third-order valence-corrected chi connectivity index (χ3v) is 3.24. The van der Waals surface area contributed by atoms with E-state index in [1.54, 1.807) is 43.2 Å². The number of carbonyl (C=O) groups excluding carboxylic acids is 1. The Hall–Kier alpha value is -2.30. The van der Waals surface area contributed by atoms with Gasteiger partial charge in [0.1, 0.15) is 5.75 Å². The third-order valence-electron chi connectivity index (χ3n) is 3.24. The number of amides is 1. The maximum Gasteiger partial charge on any atom is 0.237 e. The van der Waals surface area contributed by atoms with E-state index < -0.39 is 0 Å². The van der Waals surface area contributed by atoms with Gasteiger partial charge in [-0.25, -0.2) is 0 Å². The number of carbonyl (C=O) groups is 1. The number of hydrogen-bond acceptors (Lipinski definition) is 4. The summed E-state index contributed by atoms with van der Waals surface area (Å²) in [6.07, 6.45) is 1.35. The normalized spacial score (nSPS) is 22.4. The second-order valence-corrected chi connectivity index (χ2v) is 4.49. The molecule has 2 atom stereocenters. The topological polar surface area (TPSA) is 62.1 Å². The van der Waals surface area contributed by atoms with Crippen molar-refractivity contribution in [2.24, 2.45) is 11.1 Å². The van der Waals surface area contributed by atoms with Crippen molar-refractivity contribution in [3.63, 3.8) is 0 Å². The summed E-state index contributed by atoms with van der Waals surface area (Å²) in [6.45, 7) is 5.60. The van der Waals surface area contributed by atoms with Crippen LogP contribution >= 0.6 is 0 Å². The van der Waals surface area contributed by atoms with Crippen molar-refractivity contribution >= 4 is 17.8 Å². The molecule has 19 heavy (non-hydrogen) atoms. The Balaban J connectivity index is 2.27. The van der Waals surface area contributed by atoms with Crippen LogP contribution < -0.4 is 9.64 Å². The van der Waals surface area contributed by atoms with Gasteiger partial charge in [-0.2, -0.15) is 0 Å². The monoisotopic (exact) mass is 260 g/mol. The average Bonchev–Trinajstić information content (AvgIpc) is 2.39. The molecule has 0 aromatic heterocycles. The van der Waals surface area contributed by atoms with E-state index in [-0.39, 0.29) is 17.9 Å². The largest absolute Gasteiger partial charge is 0.497 e. The van der Waals surface area contributed by atoms with Crippen molar-refractivity contribution in [1.29, 1.82) is 0 Å². The molecule has 5 heteroatoms. The third kappa shape index (κ3) is 2.19. The van der Waals surface area contributed by atoms with Gasteiger partial charge in [0.25, 0.3) is 0 Å². The first-order valence-corrected chi connectivity index (χ1v) is 5.90. The molecule has 1 saturated heterocycles. The molecular formula is C14H16N2O3. The van der Waals surface area contributed by atoms with Gasteiger partial charge in [-0.1, -0.05) is 17.3 Å². The number of benzene rings is 1. The number of hydrogen-bond donors (Lipinski definition) is 1. The van der Waals surface area contributed by atoms with Gasteiger partial charge in [-0.05, 0) is 31.2 Å². The summed E-state index contributed by atoms with van der Waals surface area (Å²) in [6, 6.07) is 6.87. The van der Waals surface area contributed by atoms with Crippen LogP contribution in [0.4, 0.5) is 5.69 Å². The molecule has 0 bridgehead atoms. The molecule has 5 nitrogen and oxygen atoms in total. The summed E-state index contributed by atoms with van der Waals surface area (Å²) in [7, 11) is 1.59. The predicted molar refractivity (Wildman–Crippen MR) is 72.9 cm³/mol. The van der Waals surface area contributed by atoms with Crippen LogP contribution in [0.15, 0.2) is 41.6 Å². The lowest BCUT2D eigenvalue weighted by Crippen LogP contribution is -2.62. The molecule has 1 heterocycles. The van der Waals surface area contributed by atoms with Crippen molar-refractivity contribution < 1.29 is 14.7 Å². The Morgan fingerprint density at radius 3 is 2.58 bits per heavy atom. The van der Waals surface area contributed by atoms with Crippen molar-refractivity contribution in [2.45, 2.75) is 13.0 Å². The summed E-state index contributed by atoms with van der Waals surface area (Å²) < 4.78 is 5.08. The highest BCUT2D eigenvalue weighted by Gasteiger charge is 2.47. The Bertz CT molecular complexity index is 522. The highest BCUT2D eigenvalue weighted by molar-refractivity contribution is 6.10. The molecule has 2 rings (SSSR count). The van der Waals surface area contributed by atoms with E-state index in [0.29, 0.717) is 0 Å². The summed E-state index contributed by atoms with van der Waals surface area (Å²) in [5.41, 5.74) is 1.51. The predicted octanol–water partition coefficient (Wildman–Crippen LogP) is 2.06. The number of anilines is 1. The van der Waals surface area contributed by atoms with Crippen LogP contribution in [0.3, 0.4) is 0 Å². The quantitative estimate of drug-likeness (QED) is 0.296. The van der Waals surface area contributed by atoms with Crippen molar-refractivity contribution in [1.82, 2.24) is 0 Å². The molecule has 0 spiro atoms. The van der Waals surface area contributed by atoms with Gasteiger partial charge >= 0.3 is 0 Å². The molecule has 0 radical (unpaired) electrons. The highest BCUT2D eigenvalue weighted by Crippen LogP contribution is 2.36. The molecule has 1 N–H and O–H groups in total. The van der Waals surface area contributed by atoms with E-state index in [2.05, 4.69) is 11.7 Å². The highest BCUT2D eigenvalue weighted by atomic mass is 16.5. The Labute approximate surface area is 111 Å². The molecule has 1 amide bonds. The number of nitrogens with zero attached hydrogens (tertiary/aromatic N) is 2. The van der Waals surface area contributed by atoms with Crippen LogP contribution in [0, 0.1) is 5.92 Å². The van der Waals surface area contributed by atoms with Crippen molar-refractivity contribution in [2.75, 3.05) is 12.0 Å². The lowest BCUT2D eigenvalue weighted by molar-refractivity contribution is -0.126. The zero-order valence-electron chi connectivity index (χ0n) is 10.9. The molecule has 1 aliphatic rings. The van der Waals surface area contributed by atoms with E-state index in [1.165, 1.54) is 6.21 Å². The Morgan fingerprint density at radius 1 is 1.47 bits per heavy atom. The number of β-lactam (4-membered cyclic amide) rings is 1. The number of oxime groups is 1. The summed E-state index contributed by atoms with van der Waals surface area (Å²) in [4.78, 5) is 13.7. The molecule has 0 aliphatic carbocycles. The first-order valence-electron chi connectivity index (χ1n) is 5.90. The lowest BCUT2D eigenvalue weighted by Gasteiger charge is -2.45. The fourth-order valence-electron chi connectivity index (χ4n) is 2.28. The molecular weight excluding hydrogens is 244 g/mol. The first kappa shape index (κ1) is 13.1.